The molecule has 1 saturated carbocycles. The lowest BCUT2D eigenvalue weighted by atomic mass is 9.72. The van der Waals surface area contributed by atoms with Crippen LogP contribution < -0.4 is 4.90 Å². The van der Waals surface area contributed by atoms with E-state index in [2.05, 4.69) is 25.7 Å². The summed E-state index contributed by atoms with van der Waals surface area (Å²) in [4.78, 5) is 4.14. The fourth-order valence-corrected chi connectivity index (χ4v) is 4.76. The highest BCUT2D eigenvalue weighted by Gasteiger charge is 2.32. The number of anilines is 1. The quantitative estimate of drug-likeness (QED) is 0.686. The first-order valence-corrected chi connectivity index (χ1v) is 11.5. The van der Waals surface area contributed by atoms with Crippen LogP contribution in [0.5, 0.6) is 0 Å². The summed E-state index contributed by atoms with van der Waals surface area (Å²) in [6, 6.07) is 5.50. The Bertz CT molecular complexity index is 689. The average molecular weight is 443 g/mol. The standard InChI is InChI=1S/C24H37F3N2O2/c1-23(2,3)18-7-9-22(10-8-18)31-17-21(30)16-28-11-13-29(14-12-28)20-6-4-5-19(15-20)24(25,26)27/h4-6,15,18,21-22,30H,7-14,16-17H2,1-3H3. The van der Waals surface area contributed by atoms with Crippen LogP contribution in [0.2, 0.25) is 0 Å². The summed E-state index contributed by atoms with van der Waals surface area (Å²) >= 11 is 0. The topological polar surface area (TPSA) is 35.9 Å². The number of rotatable bonds is 6. The van der Waals surface area contributed by atoms with E-state index in [-0.39, 0.29) is 6.10 Å². The first kappa shape index (κ1) is 24.3. The molecule has 2 aliphatic rings. The third kappa shape index (κ3) is 7.09. The fraction of sp³-hybridized carbons (Fsp3) is 0.750. The van der Waals surface area contributed by atoms with Crippen molar-refractivity contribution in [1.29, 1.82) is 0 Å². The van der Waals surface area contributed by atoms with Gasteiger partial charge < -0.3 is 14.7 Å². The predicted octanol–water partition coefficient (Wildman–Crippen LogP) is 4.81. The number of ether oxygens (including phenoxy) is 1. The maximum Gasteiger partial charge on any atom is 0.416 e. The van der Waals surface area contributed by atoms with Crippen molar-refractivity contribution in [3.63, 3.8) is 0 Å². The summed E-state index contributed by atoms with van der Waals surface area (Å²) in [7, 11) is 0. The molecule has 1 aliphatic heterocycles. The molecule has 176 valence electrons. The van der Waals surface area contributed by atoms with E-state index in [1.165, 1.54) is 25.0 Å². The molecule has 7 heteroatoms. The van der Waals surface area contributed by atoms with Gasteiger partial charge >= 0.3 is 6.18 Å². The predicted molar refractivity (Wildman–Crippen MR) is 117 cm³/mol. The van der Waals surface area contributed by atoms with Crippen LogP contribution in [0.15, 0.2) is 24.3 Å². The molecule has 0 radical (unpaired) electrons. The molecule has 0 aromatic heterocycles. The number of aliphatic hydroxyl groups is 1. The van der Waals surface area contributed by atoms with Crippen molar-refractivity contribution in [3.8, 4) is 0 Å². The van der Waals surface area contributed by atoms with Crippen molar-refractivity contribution >= 4 is 5.69 Å². The summed E-state index contributed by atoms with van der Waals surface area (Å²) in [6.07, 6.45) is -0.141. The molecule has 0 amide bonds. The molecule has 1 saturated heterocycles. The number of hydrogen-bond acceptors (Lipinski definition) is 4. The second kappa shape index (κ2) is 10.1. The van der Waals surface area contributed by atoms with Gasteiger partial charge in [0.25, 0.3) is 0 Å². The number of hydrogen-bond donors (Lipinski definition) is 1. The van der Waals surface area contributed by atoms with Gasteiger partial charge in [0, 0.05) is 38.4 Å². The number of alkyl halides is 3. The largest absolute Gasteiger partial charge is 0.416 e. The van der Waals surface area contributed by atoms with Crippen LogP contribution in [0.3, 0.4) is 0 Å². The van der Waals surface area contributed by atoms with Gasteiger partial charge in [-0.05, 0) is 55.2 Å². The Labute approximate surface area is 184 Å². The van der Waals surface area contributed by atoms with Crippen LogP contribution in [0.25, 0.3) is 0 Å². The second-order valence-corrected chi connectivity index (χ2v) is 10.2. The molecule has 2 fully saturated rings. The molecular formula is C24H37F3N2O2. The van der Waals surface area contributed by atoms with Gasteiger partial charge in [0.15, 0.2) is 0 Å². The highest BCUT2D eigenvalue weighted by atomic mass is 19.4. The van der Waals surface area contributed by atoms with E-state index in [0.29, 0.717) is 50.4 Å². The fourth-order valence-electron chi connectivity index (χ4n) is 4.76. The van der Waals surface area contributed by atoms with Crippen molar-refractivity contribution in [2.24, 2.45) is 11.3 Å². The number of nitrogens with zero attached hydrogens (tertiary/aromatic N) is 2. The van der Waals surface area contributed by atoms with E-state index < -0.39 is 17.8 Å². The van der Waals surface area contributed by atoms with E-state index in [1.807, 2.05) is 4.90 Å². The Hall–Kier alpha value is -1.31. The Morgan fingerprint density at radius 3 is 2.26 bits per heavy atom. The van der Waals surface area contributed by atoms with Gasteiger partial charge in [-0.3, -0.25) is 4.90 Å². The molecule has 1 heterocycles. The molecule has 4 nitrogen and oxygen atoms in total. The van der Waals surface area contributed by atoms with Crippen LogP contribution in [0.1, 0.15) is 52.0 Å². The number of piperazine rings is 1. The minimum absolute atomic E-state index is 0.242. The smallest absolute Gasteiger partial charge is 0.389 e. The van der Waals surface area contributed by atoms with Crippen LogP contribution in [-0.4, -0.2) is 61.5 Å². The lowest BCUT2D eigenvalue weighted by Crippen LogP contribution is -2.49. The molecule has 1 aromatic rings. The normalized spacial score (nSPS) is 24.9. The van der Waals surface area contributed by atoms with Gasteiger partial charge in [-0.2, -0.15) is 13.2 Å². The monoisotopic (exact) mass is 442 g/mol. The maximum atomic E-state index is 13.0. The number of aliphatic hydroxyl groups excluding tert-OH is 1. The molecular weight excluding hydrogens is 405 g/mol. The Balaban J connectivity index is 1.37. The van der Waals surface area contributed by atoms with Gasteiger partial charge in [-0.15, -0.1) is 0 Å². The molecule has 1 unspecified atom stereocenters. The SMILES string of the molecule is CC(C)(C)C1CCC(OCC(O)CN2CCN(c3cccc(C(F)(F)F)c3)CC2)CC1. The van der Waals surface area contributed by atoms with Crippen molar-refractivity contribution in [2.45, 2.75) is 64.8 Å². The number of β-amino-alcohol motifs (C(OH)–C–C–N with tert-alkyl or cyclic N) is 1. The summed E-state index contributed by atoms with van der Waals surface area (Å²) in [5, 5.41) is 10.4. The van der Waals surface area contributed by atoms with E-state index in [0.717, 1.165) is 24.8 Å². The summed E-state index contributed by atoms with van der Waals surface area (Å²) < 4.78 is 44.8. The van der Waals surface area contributed by atoms with Crippen LogP contribution in [-0.2, 0) is 10.9 Å². The Morgan fingerprint density at radius 1 is 1.03 bits per heavy atom. The van der Waals surface area contributed by atoms with Gasteiger partial charge in [0.05, 0.1) is 24.4 Å². The highest BCUT2D eigenvalue weighted by Crippen LogP contribution is 2.38. The Kier molecular flexibility index (Phi) is 7.92. The summed E-state index contributed by atoms with van der Waals surface area (Å²) in [5.41, 5.74) is 0.335. The lowest BCUT2D eigenvalue weighted by Gasteiger charge is -2.38. The lowest BCUT2D eigenvalue weighted by molar-refractivity contribution is -0.137. The van der Waals surface area contributed by atoms with Crippen LogP contribution in [0, 0.1) is 11.3 Å². The van der Waals surface area contributed by atoms with Gasteiger partial charge in [0.2, 0.25) is 0 Å². The first-order chi connectivity index (χ1) is 14.5. The maximum absolute atomic E-state index is 13.0. The number of benzene rings is 1. The molecule has 31 heavy (non-hydrogen) atoms. The zero-order valence-corrected chi connectivity index (χ0v) is 19.0. The van der Waals surface area contributed by atoms with Gasteiger partial charge in [-0.25, -0.2) is 0 Å². The molecule has 3 rings (SSSR count). The van der Waals surface area contributed by atoms with Gasteiger partial charge in [-0.1, -0.05) is 26.8 Å². The summed E-state index contributed by atoms with van der Waals surface area (Å²) in [6.45, 7) is 10.5. The summed E-state index contributed by atoms with van der Waals surface area (Å²) in [5.74, 6) is 0.741. The second-order valence-electron chi connectivity index (χ2n) is 10.2. The third-order valence-corrected chi connectivity index (χ3v) is 6.80. The highest BCUT2D eigenvalue weighted by molar-refractivity contribution is 5.49. The molecule has 1 aliphatic carbocycles. The zero-order chi connectivity index (χ0) is 22.6. The van der Waals surface area contributed by atoms with E-state index >= 15 is 0 Å². The first-order valence-electron chi connectivity index (χ1n) is 11.5. The van der Waals surface area contributed by atoms with E-state index in [1.54, 1.807) is 6.07 Å². The molecule has 1 atom stereocenters. The van der Waals surface area contributed by atoms with Gasteiger partial charge in [0.1, 0.15) is 0 Å². The van der Waals surface area contributed by atoms with Crippen molar-refractivity contribution in [1.82, 2.24) is 4.90 Å². The van der Waals surface area contributed by atoms with Crippen LogP contribution in [0.4, 0.5) is 18.9 Å². The minimum atomic E-state index is -4.33. The average Bonchev–Trinajstić information content (AvgIpc) is 2.72. The van der Waals surface area contributed by atoms with Crippen molar-refractivity contribution in [3.05, 3.63) is 29.8 Å². The Morgan fingerprint density at radius 2 is 1.68 bits per heavy atom. The van der Waals surface area contributed by atoms with E-state index in [4.69, 9.17) is 4.74 Å². The number of halogens is 3. The van der Waals surface area contributed by atoms with Crippen molar-refractivity contribution in [2.75, 3.05) is 44.2 Å². The molecule has 0 bridgehead atoms. The molecule has 1 aromatic carbocycles. The molecule has 1 N–H and O–H groups in total. The minimum Gasteiger partial charge on any atom is -0.389 e. The zero-order valence-electron chi connectivity index (χ0n) is 19.0. The van der Waals surface area contributed by atoms with Crippen LogP contribution >= 0.6 is 0 Å². The van der Waals surface area contributed by atoms with E-state index in [9.17, 15) is 18.3 Å². The third-order valence-electron chi connectivity index (χ3n) is 6.80. The molecule has 0 spiro atoms. The van der Waals surface area contributed by atoms with Crippen molar-refractivity contribution < 1.29 is 23.0 Å².